The van der Waals surface area contributed by atoms with E-state index in [-0.39, 0.29) is 24.8 Å². The van der Waals surface area contributed by atoms with Gasteiger partial charge in [-0.25, -0.2) is 15.0 Å². The normalized spacial score (nSPS) is 25.3. The van der Waals surface area contributed by atoms with Crippen LogP contribution < -0.4 is 16.4 Å². The molecular weight excluding hydrogens is 346 g/mol. The van der Waals surface area contributed by atoms with Crippen LogP contribution in [0.4, 0.5) is 5.82 Å². The average molecular weight is 365 g/mol. The summed E-state index contributed by atoms with van der Waals surface area (Å²) in [5.41, 5.74) is 6.35. The van der Waals surface area contributed by atoms with E-state index in [4.69, 9.17) is 10.5 Å². The van der Waals surface area contributed by atoms with Crippen molar-refractivity contribution in [2.45, 2.75) is 31.5 Å². The second-order valence-electron chi connectivity index (χ2n) is 5.79. The predicted molar refractivity (Wildman–Crippen MR) is 87.4 cm³/mol. The number of anilines is 1. The third kappa shape index (κ3) is 3.29. The molecule has 6 N–H and O–H groups in total. The van der Waals surface area contributed by atoms with Gasteiger partial charge in [0.15, 0.2) is 23.8 Å². The highest BCUT2D eigenvalue weighted by molar-refractivity contribution is 5.83. The quantitative estimate of drug-likeness (QED) is 0.352. The SMILES string of the molecule is CC(=O)NCCNC(=O)[C@H]1OC(n2cnc3c(N)ncnc32)[C@H](O)[C@@H]1O. The Bertz CT molecular complexity index is 825. The van der Waals surface area contributed by atoms with Crippen molar-refractivity contribution in [3.63, 3.8) is 0 Å². The number of nitrogens with two attached hydrogens (primary N) is 1. The largest absolute Gasteiger partial charge is 0.387 e. The maximum absolute atomic E-state index is 12.2. The molecule has 2 aromatic heterocycles. The van der Waals surface area contributed by atoms with E-state index in [9.17, 15) is 19.8 Å². The fraction of sp³-hybridized carbons (Fsp3) is 0.500. The molecule has 1 aliphatic heterocycles. The van der Waals surface area contributed by atoms with Crippen LogP contribution in [-0.2, 0) is 14.3 Å². The smallest absolute Gasteiger partial charge is 0.252 e. The highest BCUT2D eigenvalue weighted by atomic mass is 16.6. The zero-order valence-electron chi connectivity index (χ0n) is 13.9. The number of imidazole rings is 1. The molecule has 4 atom stereocenters. The standard InChI is InChI=1S/C14H19N7O5/c1-6(22)16-2-3-17-13(25)10-8(23)9(24)14(26-10)21-5-20-7-11(15)18-4-19-12(7)21/h4-5,8-10,14,23-24H,2-3H2,1H3,(H,16,22)(H,17,25)(H2,15,18,19)/t8-,9+,10-,14?/m0/s1. The molecule has 1 saturated heterocycles. The Hall–Kier alpha value is -2.83. The number of aliphatic hydroxyl groups is 2. The molecule has 1 unspecified atom stereocenters. The molecule has 0 aromatic carbocycles. The maximum Gasteiger partial charge on any atom is 0.252 e. The second-order valence-corrected chi connectivity index (χ2v) is 5.79. The van der Waals surface area contributed by atoms with Gasteiger partial charge >= 0.3 is 0 Å². The van der Waals surface area contributed by atoms with E-state index in [1.165, 1.54) is 24.1 Å². The Morgan fingerprint density at radius 1 is 1.23 bits per heavy atom. The van der Waals surface area contributed by atoms with E-state index in [1.807, 2.05) is 0 Å². The summed E-state index contributed by atoms with van der Waals surface area (Å²) in [5, 5.41) is 25.5. The molecule has 12 heteroatoms. The van der Waals surface area contributed by atoms with E-state index in [0.717, 1.165) is 0 Å². The molecular formula is C14H19N7O5. The highest BCUT2D eigenvalue weighted by Gasteiger charge is 2.47. The first-order valence-corrected chi connectivity index (χ1v) is 7.87. The summed E-state index contributed by atoms with van der Waals surface area (Å²) in [4.78, 5) is 34.9. The minimum Gasteiger partial charge on any atom is -0.387 e. The third-order valence-corrected chi connectivity index (χ3v) is 3.96. The van der Waals surface area contributed by atoms with Crippen molar-refractivity contribution in [3.8, 4) is 0 Å². The number of carbonyl (C=O) groups excluding carboxylic acids is 2. The van der Waals surface area contributed by atoms with Gasteiger partial charge in [0.1, 0.15) is 24.1 Å². The van der Waals surface area contributed by atoms with Gasteiger partial charge in [0.05, 0.1) is 6.33 Å². The number of hydrogen-bond donors (Lipinski definition) is 5. The number of nitrogens with one attached hydrogen (secondary N) is 2. The second kappa shape index (κ2) is 7.19. The zero-order chi connectivity index (χ0) is 18.8. The average Bonchev–Trinajstić information content (AvgIpc) is 3.15. The van der Waals surface area contributed by atoms with Gasteiger partial charge in [-0.1, -0.05) is 0 Å². The Labute approximate surface area is 147 Å². The highest BCUT2D eigenvalue weighted by Crippen LogP contribution is 2.31. The molecule has 12 nitrogen and oxygen atoms in total. The molecule has 2 aromatic rings. The molecule has 0 aliphatic carbocycles. The Kier molecular flexibility index (Phi) is 4.97. The van der Waals surface area contributed by atoms with E-state index >= 15 is 0 Å². The monoisotopic (exact) mass is 365 g/mol. The number of carbonyl (C=O) groups is 2. The lowest BCUT2D eigenvalue weighted by molar-refractivity contribution is -0.137. The third-order valence-electron chi connectivity index (χ3n) is 3.96. The van der Waals surface area contributed by atoms with Crippen molar-refractivity contribution in [3.05, 3.63) is 12.7 Å². The molecule has 0 bridgehead atoms. The van der Waals surface area contributed by atoms with Gasteiger partial charge in [-0.3, -0.25) is 14.2 Å². The topological polar surface area (TPSA) is 178 Å². The molecule has 1 aliphatic rings. The summed E-state index contributed by atoms with van der Waals surface area (Å²) in [6.07, 6.45) is -2.61. The number of fused-ring (bicyclic) bond motifs is 1. The molecule has 2 amide bonds. The van der Waals surface area contributed by atoms with Gasteiger partial charge in [-0.15, -0.1) is 0 Å². The number of hydrogen-bond acceptors (Lipinski definition) is 9. The van der Waals surface area contributed by atoms with Crippen LogP contribution in [0.2, 0.25) is 0 Å². The summed E-state index contributed by atoms with van der Waals surface area (Å²) < 4.78 is 6.92. The molecule has 3 rings (SSSR count). The molecule has 0 spiro atoms. The number of aromatic nitrogens is 4. The Balaban J connectivity index is 1.72. The van der Waals surface area contributed by atoms with Gasteiger partial charge in [0.2, 0.25) is 5.91 Å². The fourth-order valence-corrected chi connectivity index (χ4v) is 2.69. The van der Waals surface area contributed by atoms with Crippen LogP contribution in [-0.4, -0.2) is 72.9 Å². The van der Waals surface area contributed by atoms with Crippen LogP contribution in [0.1, 0.15) is 13.2 Å². The van der Waals surface area contributed by atoms with Crippen LogP contribution in [0.5, 0.6) is 0 Å². The summed E-state index contributed by atoms with van der Waals surface area (Å²) in [5.74, 6) is -0.669. The predicted octanol–water partition coefficient (Wildman–Crippen LogP) is -2.72. The number of nitrogens with zero attached hydrogens (tertiary/aromatic N) is 4. The van der Waals surface area contributed by atoms with Crippen LogP contribution in [0.3, 0.4) is 0 Å². The van der Waals surface area contributed by atoms with Crippen molar-refractivity contribution >= 4 is 28.8 Å². The lowest BCUT2D eigenvalue weighted by Crippen LogP contribution is -2.44. The first-order chi connectivity index (χ1) is 12.4. The van der Waals surface area contributed by atoms with Crippen LogP contribution >= 0.6 is 0 Å². The van der Waals surface area contributed by atoms with Crippen LogP contribution in [0.25, 0.3) is 11.2 Å². The first kappa shape index (κ1) is 18.0. The maximum atomic E-state index is 12.2. The Morgan fingerprint density at radius 2 is 1.96 bits per heavy atom. The number of aliphatic hydroxyl groups excluding tert-OH is 2. The Morgan fingerprint density at radius 3 is 2.69 bits per heavy atom. The van der Waals surface area contributed by atoms with E-state index in [2.05, 4.69) is 25.6 Å². The van der Waals surface area contributed by atoms with Crippen molar-refractivity contribution < 1.29 is 24.5 Å². The number of rotatable bonds is 5. The molecule has 0 saturated carbocycles. The first-order valence-electron chi connectivity index (χ1n) is 7.87. The van der Waals surface area contributed by atoms with Gasteiger partial charge in [-0.05, 0) is 0 Å². The number of nitrogen functional groups attached to an aromatic ring is 1. The minimum absolute atomic E-state index is 0.156. The van der Waals surface area contributed by atoms with Crippen molar-refractivity contribution in [1.82, 2.24) is 30.2 Å². The lowest BCUT2D eigenvalue weighted by atomic mass is 10.1. The molecule has 1 fully saturated rings. The zero-order valence-corrected chi connectivity index (χ0v) is 13.9. The fourth-order valence-electron chi connectivity index (χ4n) is 2.69. The van der Waals surface area contributed by atoms with Crippen molar-refractivity contribution in [1.29, 1.82) is 0 Å². The van der Waals surface area contributed by atoms with Crippen LogP contribution in [0, 0.1) is 0 Å². The van der Waals surface area contributed by atoms with E-state index < -0.39 is 30.4 Å². The minimum atomic E-state index is -1.45. The van der Waals surface area contributed by atoms with Gasteiger partial charge in [0, 0.05) is 20.0 Å². The summed E-state index contributed by atoms with van der Waals surface area (Å²) in [6, 6.07) is 0. The number of ether oxygens (including phenoxy) is 1. The van der Waals surface area contributed by atoms with Gasteiger partial charge in [0.25, 0.3) is 5.91 Å². The van der Waals surface area contributed by atoms with Crippen molar-refractivity contribution in [2.75, 3.05) is 18.8 Å². The molecule has 26 heavy (non-hydrogen) atoms. The lowest BCUT2D eigenvalue weighted by Gasteiger charge is -2.16. The summed E-state index contributed by atoms with van der Waals surface area (Å²) >= 11 is 0. The van der Waals surface area contributed by atoms with E-state index in [1.54, 1.807) is 0 Å². The van der Waals surface area contributed by atoms with Crippen molar-refractivity contribution in [2.24, 2.45) is 0 Å². The number of amides is 2. The van der Waals surface area contributed by atoms with Crippen LogP contribution in [0.15, 0.2) is 12.7 Å². The van der Waals surface area contributed by atoms with Gasteiger partial charge < -0.3 is 31.3 Å². The molecule has 140 valence electrons. The van der Waals surface area contributed by atoms with Gasteiger partial charge in [-0.2, -0.15) is 0 Å². The van der Waals surface area contributed by atoms with E-state index in [0.29, 0.717) is 11.2 Å². The molecule has 0 radical (unpaired) electrons. The molecule has 3 heterocycles. The summed E-state index contributed by atoms with van der Waals surface area (Å²) in [7, 11) is 0. The summed E-state index contributed by atoms with van der Waals surface area (Å²) in [6.45, 7) is 1.75.